The van der Waals surface area contributed by atoms with Gasteiger partial charge in [0.2, 0.25) is 0 Å². The standard InChI is InChI=1S/C17H25NO2S/c1-17(2,3)14-6-4-13(5-7-14)11-18-8-9-21-12-15(18)10-16(19)20/h4-7,15H,8-12H2,1-3H3,(H,19,20). The number of hydrogen-bond acceptors (Lipinski definition) is 3. The molecule has 1 unspecified atom stereocenters. The van der Waals surface area contributed by atoms with Crippen LogP contribution in [-0.4, -0.2) is 40.1 Å². The van der Waals surface area contributed by atoms with Gasteiger partial charge in [-0.2, -0.15) is 11.8 Å². The number of rotatable bonds is 4. The second-order valence-electron chi connectivity index (χ2n) is 6.74. The third kappa shape index (κ3) is 4.75. The number of carboxylic acids is 1. The molecule has 0 bridgehead atoms. The van der Waals surface area contributed by atoms with Gasteiger partial charge in [-0.1, -0.05) is 45.0 Å². The summed E-state index contributed by atoms with van der Waals surface area (Å²) in [7, 11) is 0. The Labute approximate surface area is 131 Å². The summed E-state index contributed by atoms with van der Waals surface area (Å²) in [5.41, 5.74) is 2.78. The molecule has 3 nitrogen and oxygen atoms in total. The zero-order valence-electron chi connectivity index (χ0n) is 13.1. The van der Waals surface area contributed by atoms with Crippen molar-refractivity contribution in [1.82, 2.24) is 4.90 Å². The third-order valence-corrected chi connectivity index (χ3v) is 5.06. The first-order valence-electron chi connectivity index (χ1n) is 7.49. The monoisotopic (exact) mass is 307 g/mol. The van der Waals surface area contributed by atoms with Crippen molar-refractivity contribution in [3.8, 4) is 0 Å². The van der Waals surface area contributed by atoms with Crippen molar-refractivity contribution in [2.75, 3.05) is 18.1 Å². The topological polar surface area (TPSA) is 40.5 Å². The largest absolute Gasteiger partial charge is 0.481 e. The van der Waals surface area contributed by atoms with Crippen LogP contribution in [-0.2, 0) is 16.8 Å². The minimum absolute atomic E-state index is 0.156. The highest BCUT2D eigenvalue weighted by molar-refractivity contribution is 7.99. The Morgan fingerprint density at radius 3 is 2.57 bits per heavy atom. The summed E-state index contributed by atoms with van der Waals surface area (Å²) >= 11 is 1.86. The van der Waals surface area contributed by atoms with E-state index in [-0.39, 0.29) is 17.9 Å². The van der Waals surface area contributed by atoms with Crippen LogP contribution in [0.4, 0.5) is 0 Å². The Kier molecular flexibility index (Phi) is 5.33. The van der Waals surface area contributed by atoms with Crippen molar-refractivity contribution in [3.63, 3.8) is 0 Å². The second kappa shape index (κ2) is 6.84. The van der Waals surface area contributed by atoms with E-state index in [0.29, 0.717) is 0 Å². The maximum atomic E-state index is 11.0. The van der Waals surface area contributed by atoms with E-state index in [2.05, 4.69) is 49.9 Å². The molecule has 1 saturated heterocycles. The third-order valence-electron chi connectivity index (χ3n) is 3.97. The maximum absolute atomic E-state index is 11.0. The molecule has 0 aromatic heterocycles. The molecule has 1 aliphatic heterocycles. The molecule has 1 fully saturated rings. The molecule has 21 heavy (non-hydrogen) atoms. The van der Waals surface area contributed by atoms with E-state index in [9.17, 15) is 4.79 Å². The Morgan fingerprint density at radius 2 is 2.00 bits per heavy atom. The van der Waals surface area contributed by atoms with Crippen LogP contribution >= 0.6 is 11.8 Å². The molecule has 0 spiro atoms. The van der Waals surface area contributed by atoms with E-state index in [0.717, 1.165) is 24.6 Å². The zero-order valence-corrected chi connectivity index (χ0v) is 13.9. The van der Waals surface area contributed by atoms with Crippen LogP contribution in [0.5, 0.6) is 0 Å². The molecule has 1 atom stereocenters. The van der Waals surface area contributed by atoms with E-state index in [1.807, 2.05) is 11.8 Å². The Morgan fingerprint density at radius 1 is 1.33 bits per heavy atom. The van der Waals surface area contributed by atoms with Gasteiger partial charge in [-0.05, 0) is 16.5 Å². The highest BCUT2D eigenvalue weighted by atomic mass is 32.2. The van der Waals surface area contributed by atoms with Crippen molar-refractivity contribution in [3.05, 3.63) is 35.4 Å². The predicted octanol–water partition coefficient (Wildman–Crippen LogP) is 3.38. The fraction of sp³-hybridized carbons (Fsp3) is 0.588. The van der Waals surface area contributed by atoms with Crippen LogP contribution in [0.25, 0.3) is 0 Å². The first kappa shape index (κ1) is 16.4. The van der Waals surface area contributed by atoms with Gasteiger partial charge in [0, 0.05) is 30.6 Å². The van der Waals surface area contributed by atoms with Crippen molar-refractivity contribution in [2.24, 2.45) is 0 Å². The van der Waals surface area contributed by atoms with Gasteiger partial charge in [0.1, 0.15) is 0 Å². The lowest BCUT2D eigenvalue weighted by molar-refractivity contribution is -0.138. The zero-order chi connectivity index (χ0) is 15.5. The number of carbonyl (C=O) groups is 1. The number of benzene rings is 1. The van der Waals surface area contributed by atoms with Gasteiger partial charge in [-0.25, -0.2) is 0 Å². The molecule has 0 amide bonds. The Bertz CT molecular complexity index is 479. The van der Waals surface area contributed by atoms with Crippen LogP contribution in [0.2, 0.25) is 0 Å². The number of carboxylic acid groups (broad SMARTS) is 1. The molecule has 0 saturated carbocycles. The molecule has 1 heterocycles. The van der Waals surface area contributed by atoms with E-state index in [1.165, 1.54) is 11.1 Å². The fourth-order valence-corrected chi connectivity index (χ4v) is 3.76. The number of thioether (sulfide) groups is 1. The van der Waals surface area contributed by atoms with E-state index in [4.69, 9.17) is 5.11 Å². The van der Waals surface area contributed by atoms with Gasteiger partial charge < -0.3 is 5.11 Å². The highest BCUT2D eigenvalue weighted by Gasteiger charge is 2.25. The fourth-order valence-electron chi connectivity index (χ4n) is 2.63. The van der Waals surface area contributed by atoms with E-state index < -0.39 is 5.97 Å². The lowest BCUT2D eigenvalue weighted by Gasteiger charge is -2.34. The van der Waals surface area contributed by atoms with Gasteiger partial charge in [0.05, 0.1) is 6.42 Å². The van der Waals surface area contributed by atoms with Crippen LogP contribution in [0.3, 0.4) is 0 Å². The molecule has 0 aliphatic carbocycles. The number of hydrogen-bond donors (Lipinski definition) is 1. The summed E-state index contributed by atoms with van der Waals surface area (Å²) in [6, 6.07) is 8.91. The summed E-state index contributed by atoms with van der Waals surface area (Å²) in [6.45, 7) is 8.47. The minimum Gasteiger partial charge on any atom is -0.481 e. The summed E-state index contributed by atoms with van der Waals surface area (Å²) < 4.78 is 0. The molecule has 1 aliphatic rings. The quantitative estimate of drug-likeness (QED) is 0.926. The van der Waals surface area contributed by atoms with Crippen molar-refractivity contribution in [1.29, 1.82) is 0 Å². The molecule has 4 heteroatoms. The summed E-state index contributed by atoms with van der Waals surface area (Å²) in [5.74, 6) is 1.32. The molecule has 1 aromatic rings. The molecule has 0 radical (unpaired) electrons. The predicted molar refractivity (Wildman–Crippen MR) is 88.9 cm³/mol. The van der Waals surface area contributed by atoms with Gasteiger partial charge >= 0.3 is 5.97 Å². The normalized spacial score (nSPS) is 20.4. The van der Waals surface area contributed by atoms with Gasteiger partial charge in [0.25, 0.3) is 0 Å². The SMILES string of the molecule is CC(C)(C)c1ccc(CN2CCSCC2CC(=O)O)cc1. The van der Waals surface area contributed by atoms with Crippen molar-refractivity contribution in [2.45, 2.75) is 45.2 Å². The van der Waals surface area contributed by atoms with E-state index >= 15 is 0 Å². The maximum Gasteiger partial charge on any atom is 0.304 e. The lowest BCUT2D eigenvalue weighted by atomic mass is 9.86. The van der Waals surface area contributed by atoms with Crippen LogP contribution in [0.15, 0.2) is 24.3 Å². The molecule has 1 aromatic carbocycles. The van der Waals surface area contributed by atoms with Crippen molar-refractivity contribution < 1.29 is 9.90 Å². The highest BCUT2D eigenvalue weighted by Crippen LogP contribution is 2.24. The average molecular weight is 307 g/mol. The lowest BCUT2D eigenvalue weighted by Crippen LogP contribution is -2.42. The summed E-state index contributed by atoms with van der Waals surface area (Å²) in [4.78, 5) is 13.3. The molecule has 116 valence electrons. The van der Waals surface area contributed by atoms with E-state index in [1.54, 1.807) is 0 Å². The molecular weight excluding hydrogens is 282 g/mol. The van der Waals surface area contributed by atoms with Crippen LogP contribution in [0, 0.1) is 0 Å². The Balaban J connectivity index is 2.03. The second-order valence-corrected chi connectivity index (χ2v) is 7.89. The average Bonchev–Trinajstić information content (AvgIpc) is 2.40. The molecule has 2 rings (SSSR count). The Hall–Kier alpha value is -1.00. The first-order chi connectivity index (χ1) is 9.86. The molecule has 1 N–H and O–H groups in total. The number of aliphatic carboxylic acids is 1. The summed E-state index contributed by atoms with van der Waals surface area (Å²) in [5, 5.41) is 9.04. The smallest absolute Gasteiger partial charge is 0.304 e. The number of nitrogens with zero attached hydrogens (tertiary/aromatic N) is 1. The van der Waals surface area contributed by atoms with Crippen LogP contribution < -0.4 is 0 Å². The molecular formula is C17H25NO2S. The van der Waals surface area contributed by atoms with Crippen LogP contribution in [0.1, 0.15) is 38.3 Å². The van der Waals surface area contributed by atoms with Gasteiger partial charge in [-0.15, -0.1) is 0 Å². The summed E-state index contributed by atoms with van der Waals surface area (Å²) in [6.07, 6.45) is 0.243. The minimum atomic E-state index is -0.699. The van der Waals surface area contributed by atoms with Gasteiger partial charge in [-0.3, -0.25) is 9.69 Å². The van der Waals surface area contributed by atoms with Gasteiger partial charge in [0.15, 0.2) is 0 Å². The van der Waals surface area contributed by atoms with Crippen molar-refractivity contribution >= 4 is 17.7 Å². The first-order valence-corrected chi connectivity index (χ1v) is 8.65.